The molecule has 1 heterocycles. The molecule has 0 saturated carbocycles. The van der Waals surface area contributed by atoms with Crippen LogP contribution in [0.15, 0.2) is 47.9 Å². The van der Waals surface area contributed by atoms with Gasteiger partial charge in [0.2, 0.25) is 0 Å². The lowest BCUT2D eigenvalue weighted by atomic mass is 10.3. The molecule has 7 heteroatoms. The Balaban J connectivity index is 2.35. The van der Waals surface area contributed by atoms with Gasteiger partial charge >= 0.3 is 0 Å². The largest absolute Gasteiger partial charge is 0.384 e. The van der Waals surface area contributed by atoms with Crippen molar-refractivity contribution in [3.05, 3.63) is 43.0 Å². The van der Waals surface area contributed by atoms with Gasteiger partial charge in [-0.05, 0) is 19.1 Å². The summed E-state index contributed by atoms with van der Waals surface area (Å²) in [5.74, 6) is 0. The molecule has 2 N–H and O–H groups in total. The number of benzene rings is 1. The van der Waals surface area contributed by atoms with Crippen LogP contribution in [0.25, 0.3) is 0 Å². The molecular weight excluding hydrogens is 264 g/mol. The molecule has 0 aliphatic heterocycles. The van der Waals surface area contributed by atoms with E-state index in [1.165, 1.54) is 18.7 Å². The topological polar surface area (TPSA) is 84.0 Å². The third-order valence-corrected chi connectivity index (χ3v) is 3.80. The quantitative estimate of drug-likeness (QED) is 0.869. The van der Waals surface area contributed by atoms with Gasteiger partial charge in [-0.15, -0.1) is 0 Å². The van der Waals surface area contributed by atoms with Crippen LogP contribution in [-0.2, 0) is 10.0 Å². The fourth-order valence-electron chi connectivity index (χ4n) is 1.60. The van der Waals surface area contributed by atoms with Crippen molar-refractivity contribution in [2.24, 2.45) is 0 Å². The van der Waals surface area contributed by atoms with Gasteiger partial charge in [-0.1, -0.05) is 12.1 Å². The number of sulfonamides is 1. The summed E-state index contributed by atoms with van der Waals surface area (Å²) in [5.41, 5.74) is 0.892. The second kappa shape index (κ2) is 5.66. The lowest BCUT2D eigenvalue weighted by Gasteiger charge is -2.12. The zero-order valence-electron chi connectivity index (χ0n) is 10.4. The summed E-state index contributed by atoms with van der Waals surface area (Å²) in [4.78, 5) is 7.73. The Morgan fingerprint density at radius 1 is 1.16 bits per heavy atom. The first-order valence-electron chi connectivity index (χ1n) is 5.74. The smallest absolute Gasteiger partial charge is 0.264 e. The van der Waals surface area contributed by atoms with Crippen molar-refractivity contribution in [2.75, 3.05) is 16.6 Å². The summed E-state index contributed by atoms with van der Waals surface area (Å²) in [6.45, 7) is 2.54. The van der Waals surface area contributed by atoms with E-state index in [4.69, 9.17) is 0 Å². The first-order valence-corrected chi connectivity index (χ1v) is 7.22. The predicted molar refractivity (Wildman–Crippen MR) is 73.4 cm³/mol. The van der Waals surface area contributed by atoms with Crippen LogP contribution < -0.4 is 10.0 Å². The Kier molecular flexibility index (Phi) is 3.96. The molecular formula is C12H14N4O2S. The summed E-state index contributed by atoms with van der Waals surface area (Å²) in [6, 6.07) is 6.73. The van der Waals surface area contributed by atoms with Gasteiger partial charge < -0.3 is 5.32 Å². The highest BCUT2D eigenvalue weighted by Crippen LogP contribution is 2.22. The molecule has 19 heavy (non-hydrogen) atoms. The number of para-hydroxylation sites is 1. The van der Waals surface area contributed by atoms with Gasteiger partial charge in [0.05, 0.1) is 23.8 Å². The first-order chi connectivity index (χ1) is 9.13. The SMILES string of the molecule is CCNc1ccccc1S(=O)(=O)Nc1cncnc1. The third kappa shape index (κ3) is 3.19. The summed E-state index contributed by atoms with van der Waals surface area (Å²) >= 11 is 0. The Hall–Kier alpha value is -2.15. The number of hydrogen-bond acceptors (Lipinski definition) is 5. The van der Waals surface area contributed by atoms with Gasteiger partial charge in [-0.2, -0.15) is 0 Å². The van der Waals surface area contributed by atoms with Gasteiger partial charge in [0.25, 0.3) is 10.0 Å². The van der Waals surface area contributed by atoms with Gasteiger partial charge in [-0.3, -0.25) is 4.72 Å². The number of hydrogen-bond donors (Lipinski definition) is 2. The zero-order valence-corrected chi connectivity index (χ0v) is 11.2. The molecule has 0 unspecified atom stereocenters. The van der Waals surface area contributed by atoms with Crippen molar-refractivity contribution < 1.29 is 8.42 Å². The maximum Gasteiger partial charge on any atom is 0.264 e. The molecule has 0 radical (unpaired) electrons. The van der Waals surface area contributed by atoms with Crippen molar-refractivity contribution in [2.45, 2.75) is 11.8 Å². The fraction of sp³-hybridized carbons (Fsp3) is 0.167. The second-order valence-electron chi connectivity index (χ2n) is 3.76. The molecule has 0 saturated heterocycles. The highest BCUT2D eigenvalue weighted by molar-refractivity contribution is 7.92. The standard InChI is InChI=1S/C12H14N4O2S/c1-2-15-11-5-3-4-6-12(11)19(17,18)16-10-7-13-9-14-8-10/h3-9,15-16H,2H2,1H3. The van der Waals surface area contributed by atoms with Crippen LogP contribution in [0.3, 0.4) is 0 Å². The van der Waals surface area contributed by atoms with E-state index < -0.39 is 10.0 Å². The molecule has 2 rings (SSSR count). The van der Waals surface area contributed by atoms with Gasteiger partial charge in [0, 0.05) is 6.54 Å². The molecule has 0 aliphatic rings. The molecule has 2 aromatic rings. The Morgan fingerprint density at radius 2 is 1.84 bits per heavy atom. The Morgan fingerprint density at radius 3 is 2.53 bits per heavy atom. The van der Waals surface area contributed by atoms with E-state index in [0.717, 1.165) is 0 Å². The normalized spacial score (nSPS) is 11.0. The highest BCUT2D eigenvalue weighted by Gasteiger charge is 2.18. The molecule has 0 atom stereocenters. The van der Waals surface area contributed by atoms with Crippen molar-refractivity contribution in [1.29, 1.82) is 0 Å². The van der Waals surface area contributed by atoms with E-state index >= 15 is 0 Å². The molecule has 6 nitrogen and oxygen atoms in total. The number of anilines is 2. The van der Waals surface area contributed by atoms with E-state index in [9.17, 15) is 8.42 Å². The summed E-state index contributed by atoms with van der Waals surface area (Å²) in [6.07, 6.45) is 4.14. The molecule has 1 aromatic carbocycles. The number of nitrogens with one attached hydrogen (secondary N) is 2. The summed E-state index contributed by atoms with van der Waals surface area (Å²) in [7, 11) is -3.66. The zero-order chi connectivity index (χ0) is 13.7. The minimum atomic E-state index is -3.66. The Bertz CT molecular complexity index is 644. The van der Waals surface area contributed by atoms with Gasteiger partial charge in [-0.25, -0.2) is 18.4 Å². The maximum atomic E-state index is 12.3. The van der Waals surface area contributed by atoms with Gasteiger partial charge in [0.1, 0.15) is 11.2 Å². The van der Waals surface area contributed by atoms with Crippen LogP contribution in [-0.4, -0.2) is 24.9 Å². The predicted octanol–water partition coefficient (Wildman–Crippen LogP) is 1.71. The van der Waals surface area contributed by atoms with Crippen LogP contribution >= 0.6 is 0 Å². The van der Waals surface area contributed by atoms with Gasteiger partial charge in [0.15, 0.2) is 0 Å². The first kappa shape index (κ1) is 13.3. The van der Waals surface area contributed by atoms with Crippen LogP contribution in [0.1, 0.15) is 6.92 Å². The van der Waals surface area contributed by atoms with E-state index in [1.54, 1.807) is 24.3 Å². The van der Waals surface area contributed by atoms with Crippen LogP contribution in [0.2, 0.25) is 0 Å². The average Bonchev–Trinajstić information content (AvgIpc) is 2.40. The third-order valence-electron chi connectivity index (χ3n) is 2.36. The molecule has 0 fully saturated rings. The van der Waals surface area contributed by atoms with Crippen molar-refractivity contribution in [3.8, 4) is 0 Å². The van der Waals surface area contributed by atoms with Crippen molar-refractivity contribution in [3.63, 3.8) is 0 Å². The van der Waals surface area contributed by atoms with E-state index in [-0.39, 0.29) is 4.90 Å². The fourth-order valence-corrected chi connectivity index (χ4v) is 2.81. The van der Waals surface area contributed by atoms with E-state index in [2.05, 4.69) is 20.0 Å². The van der Waals surface area contributed by atoms with Crippen molar-refractivity contribution >= 4 is 21.4 Å². The molecule has 0 aliphatic carbocycles. The van der Waals surface area contributed by atoms with Crippen LogP contribution in [0, 0.1) is 0 Å². The minimum absolute atomic E-state index is 0.195. The molecule has 0 bridgehead atoms. The lowest BCUT2D eigenvalue weighted by molar-refractivity contribution is 0.601. The number of aromatic nitrogens is 2. The Labute approximate surface area is 112 Å². The highest BCUT2D eigenvalue weighted by atomic mass is 32.2. The summed E-state index contributed by atoms with van der Waals surface area (Å²) < 4.78 is 27.0. The molecule has 0 spiro atoms. The number of rotatable bonds is 5. The molecule has 100 valence electrons. The monoisotopic (exact) mass is 278 g/mol. The second-order valence-corrected chi connectivity index (χ2v) is 5.41. The summed E-state index contributed by atoms with van der Waals surface area (Å²) in [5, 5.41) is 3.02. The van der Waals surface area contributed by atoms with Crippen LogP contribution in [0.4, 0.5) is 11.4 Å². The van der Waals surface area contributed by atoms with Crippen LogP contribution in [0.5, 0.6) is 0 Å². The molecule has 1 aromatic heterocycles. The van der Waals surface area contributed by atoms with Crippen molar-refractivity contribution in [1.82, 2.24) is 9.97 Å². The van der Waals surface area contributed by atoms with E-state index in [0.29, 0.717) is 17.9 Å². The molecule has 0 amide bonds. The lowest BCUT2D eigenvalue weighted by Crippen LogP contribution is -2.15. The number of nitrogens with zero attached hydrogens (tertiary/aromatic N) is 2. The maximum absolute atomic E-state index is 12.3. The average molecular weight is 278 g/mol. The van der Waals surface area contributed by atoms with E-state index in [1.807, 2.05) is 6.92 Å². The minimum Gasteiger partial charge on any atom is -0.384 e.